The molecule has 6 nitrogen and oxygen atoms in total. The average Bonchev–Trinajstić information content (AvgIpc) is 2.46. The van der Waals surface area contributed by atoms with E-state index in [0.717, 1.165) is 0 Å². The number of carbonyl (C=O) groups excluding carboxylic acids is 1. The van der Waals surface area contributed by atoms with Crippen molar-refractivity contribution in [3.8, 4) is 0 Å². The molecular weight excluding hydrogens is 351 g/mol. The van der Waals surface area contributed by atoms with Gasteiger partial charge >= 0.3 is 0 Å². The van der Waals surface area contributed by atoms with Crippen LogP contribution in [0.1, 0.15) is 10.4 Å². The summed E-state index contributed by atoms with van der Waals surface area (Å²) in [7, 11) is 0. The van der Waals surface area contributed by atoms with Gasteiger partial charge in [-0.2, -0.15) is 0 Å². The highest BCUT2D eigenvalue weighted by Gasteiger charge is 2.31. The average molecular weight is 364 g/mol. The molecule has 1 aliphatic heterocycles. The number of ether oxygens (including phenoxy) is 1. The zero-order chi connectivity index (χ0) is 14.7. The van der Waals surface area contributed by atoms with Crippen LogP contribution >= 0.6 is 27.5 Å². The van der Waals surface area contributed by atoms with E-state index in [1.807, 2.05) is 0 Å². The molecule has 1 aromatic rings. The number of hydrogen-bond acceptors (Lipinski definition) is 4. The lowest BCUT2D eigenvalue weighted by atomic mass is 10.1. The van der Waals surface area contributed by atoms with Crippen LogP contribution in [-0.2, 0) is 4.74 Å². The highest BCUT2D eigenvalue weighted by molar-refractivity contribution is 9.09. The van der Waals surface area contributed by atoms with Gasteiger partial charge in [0.05, 0.1) is 24.2 Å². The first-order valence-corrected chi connectivity index (χ1v) is 7.43. The Morgan fingerprint density at radius 1 is 1.60 bits per heavy atom. The minimum Gasteiger partial charge on any atom is -0.377 e. The van der Waals surface area contributed by atoms with Crippen molar-refractivity contribution in [3.63, 3.8) is 0 Å². The summed E-state index contributed by atoms with van der Waals surface area (Å²) < 4.78 is 5.31. The largest absolute Gasteiger partial charge is 0.377 e. The van der Waals surface area contributed by atoms with Crippen molar-refractivity contribution < 1.29 is 14.5 Å². The Hall–Kier alpha value is -1.18. The molecule has 0 saturated carbocycles. The van der Waals surface area contributed by atoms with E-state index >= 15 is 0 Å². The fourth-order valence-corrected chi connectivity index (χ4v) is 2.74. The van der Waals surface area contributed by atoms with Gasteiger partial charge in [-0.1, -0.05) is 27.5 Å². The molecule has 0 bridgehead atoms. The summed E-state index contributed by atoms with van der Waals surface area (Å²) in [5.41, 5.74) is -0.227. The maximum absolute atomic E-state index is 12.5. The molecule has 0 spiro atoms. The quantitative estimate of drug-likeness (QED) is 0.470. The number of nitrogens with zero attached hydrogens (tertiary/aromatic N) is 2. The van der Waals surface area contributed by atoms with Gasteiger partial charge < -0.3 is 9.64 Å². The predicted molar refractivity (Wildman–Crippen MR) is 77.5 cm³/mol. The summed E-state index contributed by atoms with van der Waals surface area (Å²) in [6, 6.07) is 3.93. The Morgan fingerprint density at radius 3 is 3.00 bits per heavy atom. The van der Waals surface area contributed by atoms with Crippen LogP contribution in [0.15, 0.2) is 18.2 Å². The smallest absolute Gasteiger partial charge is 0.283 e. The van der Waals surface area contributed by atoms with Gasteiger partial charge in [0.2, 0.25) is 0 Å². The van der Waals surface area contributed by atoms with E-state index in [-0.39, 0.29) is 28.2 Å². The molecule has 1 heterocycles. The predicted octanol–water partition coefficient (Wildman–Crippen LogP) is 2.48. The van der Waals surface area contributed by atoms with Crippen molar-refractivity contribution in [2.75, 3.05) is 25.1 Å². The molecule has 1 unspecified atom stereocenters. The number of nitro groups is 1. The zero-order valence-corrected chi connectivity index (χ0v) is 12.8. The molecule has 1 fully saturated rings. The monoisotopic (exact) mass is 362 g/mol. The second kappa shape index (κ2) is 6.51. The minimum absolute atomic E-state index is 0.0484. The van der Waals surface area contributed by atoms with E-state index in [9.17, 15) is 14.9 Å². The van der Waals surface area contributed by atoms with Gasteiger partial charge in [-0.05, 0) is 12.1 Å². The second-order valence-corrected chi connectivity index (χ2v) is 5.38. The van der Waals surface area contributed by atoms with Gasteiger partial charge in [0, 0.05) is 23.0 Å². The van der Waals surface area contributed by atoms with Gasteiger partial charge in [0.25, 0.3) is 11.6 Å². The molecule has 1 atom stereocenters. The number of alkyl halides is 1. The molecule has 2 rings (SSSR count). The third-order valence-corrected chi connectivity index (χ3v) is 4.04. The van der Waals surface area contributed by atoms with Crippen molar-refractivity contribution >= 4 is 39.1 Å². The summed E-state index contributed by atoms with van der Waals surface area (Å²) >= 11 is 9.07. The Kier molecular flexibility index (Phi) is 4.95. The fourth-order valence-electron chi connectivity index (χ4n) is 2.04. The minimum atomic E-state index is -0.595. The molecule has 8 heteroatoms. The third-order valence-electron chi connectivity index (χ3n) is 3.05. The first-order valence-electron chi connectivity index (χ1n) is 5.93. The molecule has 0 aromatic heterocycles. The van der Waals surface area contributed by atoms with Crippen LogP contribution in [0.4, 0.5) is 5.69 Å². The lowest BCUT2D eigenvalue weighted by molar-refractivity contribution is -0.385. The first-order chi connectivity index (χ1) is 9.54. The molecule has 0 aliphatic carbocycles. The van der Waals surface area contributed by atoms with Gasteiger partial charge in [0.15, 0.2) is 0 Å². The van der Waals surface area contributed by atoms with Crippen LogP contribution in [0, 0.1) is 10.1 Å². The lowest BCUT2D eigenvalue weighted by Crippen LogP contribution is -2.49. The van der Waals surface area contributed by atoms with E-state index in [1.54, 1.807) is 4.90 Å². The van der Waals surface area contributed by atoms with Crippen LogP contribution in [0.2, 0.25) is 5.02 Å². The second-order valence-electron chi connectivity index (χ2n) is 4.30. The third kappa shape index (κ3) is 3.11. The Labute approximate surface area is 128 Å². The van der Waals surface area contributed by atoms with Gasteiger partial charge in [-0.25, -0.2) is 0 Å². The molecule has 0 N–H and O–H groups in total. The fraction of sp³-hybridized carbons (Fsp3) is 0.417. The van der Waals surface area contributed by atoms with Crippen LogP contribution < -0.4 is 0 Å². The van der Waals surface area contributed by atoms with Crippen molar-refractivity contribution in [3.05, 3.63) is 38.9 Å². The lowest BCUT2D eigenvalue weighted by Gasteiger charge is -2.34. The van der Waals surface area contributed by atoms with Gasteiger partial charge in [0.1, 0.15) is 5.56 Å². The molecule has 0 radical (unpaired) electrons. The van der Waals surface area contributed by atoms with Gasteiger partial charge in [-0.15, -0.1) is 0 Å². The first kappa shape index (κ1) is 15.2. The van der Waals surface area contributed by atoms with E-state index in [1.165, 1.54) is 18.2 Å². The molecule has 1 aliphatic rings. The molecule has 1 amide bonds. The summed E-state index contributed by atoms with van der Waals surface area (Å²) in [6.45, 7) is 1.25. The summed E-state index contributed by atoms with van der Waals surface area (Å²) in [6.07, 6.45) is 0. The summed E-state index contributed by atoms with van der Waals surface area (Å²) in [5, 5.41) is 11.8. The Balaban J connectivity index is 2.35. The van der Waals surface area contributed by atoms with E-state index in [4.69, 9.17) is 16.3 Å². The Bertz CT molecular complexity index is 540. The number of carbonyl (C=O) groups is 1. The highest BCUT2D eigenvalue weighted by atomic mass is 79.9. The van der Waals surface area contributed by atoms with Crippen molar-refractivity contribution in [1.29, 1.82) is 0 Å². The topological polar surface area (TPSA) is 72.7 Å². The highest BCUT2D eigenvalue weighted by Crippen LogP contribution is 2.26. The normalized spacial score (nSPS) is 18.9. The molecular formula is C12H12BrClN2O4. The number of hydrogen-bond donors (Lipinski definition) is 0. The van der Waals surface area contributed by atoms with E-state index in [2.05, 4.69) is 15.9 Å². The summed E-state index contributed by atoms with van der Waals surface area (Å²) in [5.74, 6) is -0.374. The number of amides is 1. The van der Waals surface area contributed by atoms with Crippen molar-refractivity contribution in [2.45, 2.75) is 6.04 Å². The summed E-state index contributed by atoms with van der Waals surface area (Å²) in [4.78, 5) is 24.6. The van der Waals surface area contributed by atoms with E-state index < -0.39 is 4.92 Å². The maximum atomic E-state index is 12.5. The van der Waals surface area contributed by atoms with Crippen LogP contribution in [-0.4, -0.2) is 46.9 Å². The standard InChI is InChI=1S/C12H12BrClN2O4/c13-6-9-7-20-4-3-15(9)12(17)10-2-1-8(14)5-11(10)16(18)19/h1-2,5,9H,3-4,6-7H2. The number of nitro benzene ring substituents is 1. The van der Waals surface area contributed by atoms with Crippen molar-refractivity contribution in [1.82, 2.24) is 4.90 Å². The maximum Gasteiger partial charge on any atom is 0.283 e. The van der Waals surface area contributed by atoms with Gasteiger partial charge in [-0.3, -0.25) is 14.9 Å². The SMILES string of the molecule is O=C(c1ccc(Cl)cc1[N+](=O)[O-])N1CCOCC1CBr. The zero-order valence-electron chi connectivity index (χ0n) is 10.4. The van der Waals surface area contributed by atoms with Crippen molar-refractivity contribution in [2.24, 2.45) is 0 Å². The van der Waals surface area contributed by atoms with E-state index in [0.29, 0.717) is 25.1 Å². The number of halogens is 2. The van der Waals surface area contributed by atoms with Crippen LogP contribution in [0.3, 0.4) is 0 Å². The van der Waals surface area contributed by atoms with Crippen LogP contribution in [0.25, 0.3) is 0 Å². The molecule has 1 aromatic carbocycles. The molecule has 108 valence electrons. The number of benzene rings is 1. The Morgan fingerprint density at radius 2 is 2.35 bits per heavy atom. The number of rotatable bonds is 3. The molecule has 20 heavy (non-hydrogen) atoms. The molecule has 1 saturated heterocycles. The number of morpholine rings is 1. The van der Waals surface area contributed by atoms with Crippen LogP contribution in [0.5, 0.6) is 0 Å².